The molecule has 1 aromatic heterocycles. The van der Waals surface area contributed by atoms with E-state index in [1.165, 1.54) is 0 Å². The van der Waals surface area contributed by atoms with Crippen molar-refractivity contribution in [2.24, 2.45) is 0 Å². The van der Waals surface area contributed by atoms with E-state index in [0.717, 1.165) is 23.3 Å². The fraction of sp³-hybridized carbons (Fsp3) is 0.250. The first kappa shape index (κ1) is 22.5. The summed E-state index contributed by atoms with van der Waals surface area (Å²) in [5.41, 5.74) is 2.99. The highest BCUT2D eigenvalue weighted by molar-refractivity contribution is 8.02. The van der Waals surface area contributed by atoms with Crippen molar-refractivity contribution in [1.82, 2.24) is 9.78 Å². The molecule has 0 saturated carbocycles. The molecule has 31 heavy (non-hydrogen) atoms. The summed E-state index contributed by atoms with van der Waals surface area (Å²) >= 11 is 1.62. The molecule has 0 unspecified atom stereocenters. The van der Waals surface area contributed by atoms with Crippen LogP contribution in [0.5, 0.6) is 11.5 Å². The van der Waals surface area contributed by atoms with Gasteiger partial charge in [0.05, 0.1) is 26.1 Å². The van der Waals surface area contributed by atoms with Crippen molar-refractivity contribution >= 4 is 29.4 Å². The Labute approximate surface area is 187 Å². The van der Waals surface area contributed by atoms with Gasteiger partial charge >= 0.3 is 0 Å². The average Bonchev–Trinajstić information content (AvgIpc) is 3.25. The fourth-order valence-electron chi connectivity index (χ4n) is 2.96. The summed E-state index contributed by atoms with van der Waals surface area (Å²) in [6.07, 6.45) is 6.81. The van der Waals surface area contributed by atoms with Crippen molar-refractivity contribution in [2.45, 2.75) is 19.4 Å². The molecule has 3 aromatic rings. The molecule has 162 valence electrons. The van der Waals surface area contributed by atoms with Gasteiger partial charge in [-0.05, 0) is 41.2 Å². The largest absolute Gasteiger partial charge is 0.493 e. The molecule has 0 saturated heterocycles. The molecular formula is C24H27N3O3S. The Morgan fingerprint density at radius 1 is 1.13 bits per heavy atom. The molecule has 1 heterocycles. The quantitative estimate of drug-likeness (QED) is 0.433. The molecule has 2 aromatic carbocycles. The van der Waals surface area contributed by atoms with Crippen LogP contribution in [0.1, 0.15) is 17.5 Å². The number of hydrogen-bond donors (Lipinski definition) is 1. The number of benzene rings is 2. The van der Waals surface area contributed by atoms with Crippen molar-refractivity contribution in [3.05, 3.63) is 77.5 Å². The van der Waals surface area contributed by atoms with Gasteiger partial charge in [-0.15, -0.1) is 11.8 Å². The van der Waals surface area contributed by atoms with Gasteiger partial charge in [-0.1, -0.05) is 36.4 Å². The van der Waals surface area contributed by atoms with Gasteiger partial charge in [-0.25, -0.2) is 0 Å². The highest BCUT2D eigenvalue weighted by Crippen LogP contribution is 2.27. The molecule has 0 atom stereocenters. The van der Waals surface area contributed by atoms with E-state index in [0.29, 0.717) is 30.2 Å². The highest BCUT2D eigenvalue weighted by Gasteiger charge is 2.07. The normalized spacial score (nSPS) is 10.9. The zero-order chi connectivity index (χ0) is 21.9. The minimum Gasteiger partial charge on any atom is -0.493 e. The van der Waals surface area contributed by atoms with Crippen LogP contribution in [0.25, 0.3) is 6.08 Å². The molecule has 0 spiro atoms. The molecule has 0 aliphatic rings. The number of anilines is 1. The van der Waals surface area contributed by atoms with Crippen molar-refractivity contribution in [1.29, 1.82) is 0 Å². The minimum absolute atomic E-state index is 0.0138. The van der Waals surface area contributed by atoms with E-state index in [9.17, 15) is 4.79 Å². The topological polar surface area (TPSA) is 65.4 Å². The van der Waals surface area contributed by atoms with Gasteiger partial charge in [0.1, 0.15) is 0 Å². The first-order valence-electron chi connectivity index (χ1n) is 10.0. The number of ether oxygens (including phenoxy) is 2. The van der Waals surface area contributed by atoms with Gasteiger partial charge in [0, 0.05) is 24.9 Å². The van der Waals surface area contributed by atoms with Crippen LogP contribution in [0.2, 0.25) is 0 Å². The molecule has 1 N–H and O–H groups in total. The van der Waals surface area contributed by atoms with E-state index < -0.39 is 0 Å². The monoisotopic (exact) mass is 437 g/mol. The first-order valence-corrected chi connectivity index (χ1v) is 11.1. The number of nitrogens with zero attached hydrogens (tertiary/aromatic N) is 2. The SMILES string of the molecule is COc1ccc(CCn2cc(NC(=O)CCS/C=C\c3ccccc3)cn2)cc1OC. The maximum Gasteiger partial charge on any atom is 0.225 e. The van der Waals surface area contributed by atoms with E-state index in [1.54, 1.807) is 32.2 Å². The molecule has 7 heteroatoms. The Hall–Kier alpha value is -3.19. The summed E-state index contributed by atoms with van der Waals surface area (Å²) in [5.74, 6) is 2.14. The predicted molar refractivity (Wildman–Crippen MR) is 127 cm³/mol. The Balaban J connectivity index is 1.40. The van der Waals surface area contributed by atoms with Crippen molar-refractivity contribution in [3.8, 4) is 11.5 Å². The number of rotatable bonds is 11. The van der Waals surface area contributed by atoms with E-state index in [2.05, 4.69) is 10.4 Å². The van der Waals surface area contributed by atoms with E-state index in [4.69, 9.17) is 9.47 Å². The van der Waals surface area contributed by atoms with Gasteiger partial charge in [-0.2, -0.15) is 5.10 Å². The second-order valence-electron chi connectivity index (χ2n) is 6.81. The van der Waals surface area contributed by atoms with Crippen LogP contribution in [0, 0.1) is 0 Å². The van der Waals surface area contributed by atoms with Gasteiger partial charge in [0.15, 0.2) is 11.5 Å². The number of aryl methyl sites for hydroxylation is 2. The lowest BCUT2D eigenvalue weighted by molar-refractivity contribution is -0.115. The summed E-state index contributed by atoms with van der Waals surface area (Å²) in [4.78, 5) is 12.2. The fourth-order valence-corrected chi connectivity index (χ4v) is 3.66. The lowest BCUT2D eigenvalue weighted by Gasteiger charge is -2.09. The smallest absolute Gasteiger partial charge is 0.225 e. The number of thioether (sulfide) groups is 1. The Bertz CT molecular complexity index is 1000. The van der Waals surface area contributed by atoms with Crippen LogP contribution in [0.3, 0.4) is 0 Å². The van der Waals surface area contributed by atoms with Crippen molar-refractivity contribution < 1.29 is 14.3 Å². The van der Waals surface area contributed by atoms with Crippen LogP contribution in [-0.2, 0) is 17.8 Å². The Kier molecular flexibility index (Phi) is 8.60. The summed E-state index contributed by atoms with van der Waals surface area (Å²) in [7, 11) is 3.25. The third-order valence-electron chi connectivity index (χ3n) is 4.60. The number of amides is 1. The standard InChI is InChI=1S/C24H27N3O3S/c1-29-22-9-8-20(16-23(22)30-2)10-13-27-18-21(17-25-27)26-24(28)12-15-31-14-11-19-6-4-3-5-7-19/h3-9,11,14,16-18H,10,12-13,15H2,1-2H3,(H,26,28)/b14-11-. The third kappa shape index (κ3) is 7.22. The molecule has 3 rings (SSSR count). The van der Waals surface area contributed by atoms with E-state index in [-0.39, 0.29) is 5.91 Å². The lowest BCUT2D eigenvalue weighted by Crippen LogP contribution is -2.11. The zero-order valence-electron chi connectivity index (χ0n) is 17.8. The molecule has 6 nitrogen and oxygen atoms in total. The third-order valence-corrected chi connectivity index (χ3v) is 5.37. The number of nitrogens with one attached hydrogen (secondary N) is 1. The Morgan fingerprint density at radius 2 is 1.94 bits per heavy atom. The van der Waals surface area contributed by atoms with Gasteiger partial charge in [0.2, 0.25) is 5.91 Å². The van der Waals surface area contributed by atoms with Crippen LogP contribution in [-0.4, -0.2) is 35.7 Å². The molecule has 0 bridgehead atoms. The highest BCUT2D eigenvalue weighted by atomic mass is 32.2. The maximum absolute atomic E-state index is 12.2. The molecule has 0 aliphatic carbocycles. The number of hydrogen-bond acceptors (Lipinski definition) is 5. The van der Waals surface area contributed by atoms with Crippen LogP contribution < -0.4 is 14.8 Å². The van der Waals surface area contributed by atoms with E-state index >= 15 is 0 Å². The van der Waals surface area contributed by atoms with Crippen LogP contribution in [0.4, 0.5) is 5.69 Å². The average molecular weight is 438 g/mol. The first-order chi connectivity index (χ1) is 15.2. The molecule has 1 amide bonds. The summed E-state index contributed by atoms with van der Waals surface area (Å²) < 4.78 is 12.4. The maximum atomic E-state index is 12.2. The second-order valence-corrected chi connectivity index (χ2v) is 7.83. The summed E-state index contributed by atoms with van der Waals surface area (Å²) in [6, 6.07) is 16.0. The molecular weight excluding hydrogens is 410 g/mol. The minimum atomic E-state index is -0.0138. The number of methoxy groups -OCH3 is 2. The molecule has 0 aliphatic heterocycles. The van der Waals surface area contributed by atoms with Crippen LogP contribution >= 0.6 is 11.8 Å². The summed E-state index contributed by atoms with van der Waals surface area (Å²) in [6.45, 7) is 0.700. The van der Waals surface area contributed by atoms with Crippen molar-refractivity contribution in [3.63, 3.8) is 0 Å². The number of carbonyl (C=O) groups is 1. The molecule has 0 fully saturated rings. The van der Waals surface area contributed by atoms with E-state index in [1.807, 2.05) is 70.9 Å². The van der Waals surface area contributed by atoms with Crippen molar-refractivity contribution in [2.75, 3.05) is 25.3 Å². The number of carbonyl (C=O) groups excluding carboxylic acids is 1. The zero-order valence-corrected chi connectivity index (χ0v) is 18.6. The molecule has 0 radical (unpaired) electrons. The summed E-state index contributed by atoms with van der Waals surface area (Å²) in [5, 5.41) is 9.26. The number of aromatic nitrogens is 2. The van der Waals surface area contributed by atoms with Gasteiger partial charge < -0.3 is 14.8 Å². The van der Waals surface area contributed by atoms with Gasteiger partial charge in [0.25, 0.3) is 0 Å². The Morgan fingerprint density at radius 3 is 2.71 bits per heavy atom. The predicted octanol–water partition coefficient (Wildman–Crippen LogP) is 4.88. The lowest BCUT2D eigenvalue weighted by atomic mass is 10.1. The van der Waals surface area contributed by atoms with Gasteiger partial charge in [-0.3, -0.25) is 9.48 Å². The van der Waals surface area contributed by atoms with Crippen LogP contribution in [0.15, 0.2) is 66.3 Å². The second kappa shape index (κ2) is 11.9.